The van der Waals surface area contributed by atoms with E-state index in [0.717, 1.165) is 19.1 Å². The Balaban J connectivity index is 1.79. The predicted octanol–water partition coefficient (Wildman–Crippen LogP) is 3.71. The lowest BCUT2D eigenvalue weighted by molar-refractivity contribution is 0.0573. The van der Waals surface area contributed by atoms with Crippen LogP contribution in [0.5, 0.6) is 0 Å². The third kappa shape index (κ3) is 3.96. The topological polar surface area (TPSA) is 12.5 Å². The second-order valence-electron chi connectivity index (χ2n) is 6.72. The summed E-state index contributed by atoms with van der Waals surface area (Å²) < 4.78 is 5.19. The molecule has 1 saturated carbocycles. The number of hydrogen-bond acceptors (Lipinski definition) is 2. The van der Waals surface area contributed by atoms with Crippen LogP contribution in [0.15, 0.2) is 0 Å². The number of hydrogen-bond donors (Lipinski definition) is 0. The molecule has 0 unspecified atom stereocenters. The normalized spacial score (nSPS) is 27.0. The predicted molar refractivity (Wildman–Crippen MR) is 76.8 cm³/mol. The van der Waals surface area contributed by atoms with Gasteiger partial charge in [-0.15, -0.1) is 0 Å². The van der Waals surface area contributed by atoms with Crippen molar-refractivity contribution >= 4 is 0 Å². The molecule has 0 atom stereocenters. The highest BCUT2D eigenvalue weighted by molar-refractivity contribution is 4.87. The lowest BCUT2D eigenvalue weighted by Crippen LogP contribution is -2.41. The van der Waals surface area contributed by atoms with Crippen LogP contribution in [-0.4, -0.2) is 38.3 Å². The van der Waals surface area contributed by atoms with Crippen LogP contribution in [0.1, 0.15) is 58.3 Å². The highest BCUT2D eigenvalue weighted by Gasteiger charge is 2.34. The molecule has 0 aromatic carbocycles. The largest absolute Gasteiger partial charge is 0.383 e. The molecule has 2 fully saturated rings. The van der Waals surface area contributed by atoms with Crippen molar-refractivity contribution in [3.05, 3.63) is 0 Å². The smallest absolute Gasteiger partial charge is 0.0589 e. The van der Waals surface area contributed by atoms with Gasteiger partial charge in [-0.25, -0.2) is 0 Å². The maximum atomic E-state index is 5.19. The Labute approximate surface area is 113 Å². The first-order valence-electron chi connectivity index (χ1n) is 7.95. The first kappa shape index (κ1) is 14.3. The van der Waals surface area contributed by atoms with E-state index in [1.54, 1.807) is 7.11 Å². The van der Waals surface area contributed by atoms with Crippen LogP contribution >= 0.6 is 0 Å². The third-order valence-electron chi connectivity index (χ3n) is 5.34. The molecule has 106 valence electrons. The van der Waals surface area contributed by atoms with Crippen LogP contribution < -0.4 is 0 Å². The Hall–Kier alpha value is -0.0800. The van der Waals surface area contributed by atoms with Crippen LogP contribution in [0, 0.1) is 11.3 Å². The average Bonchev–Trinajstić information content (AvgIpc) is 2.36. The monoisotopic (exact) mass is 253 g/mol. The first-order valence-corrected chi connectivity index (χ1v) is 7.95. The Morgan fingerprint density at radius 2 is 1.67 bits per heavy atom. The number of likely N-dealkylation sites (tertiary alicyclic amines) is 1. The van der Waals surface area contributed by atoms with Crippen LogP contribution in [0.3, 0.4) is 0 Å². The molecule has 1 saturated heterocycles. The minimum Gasteiger partial charge on any atom is -0.383 e. The van der Waals surface area contributed by atoms with E-state index in [0.29, 0.717) is 5.41 Å². The highest BCUT2D eigenvalue weighted by atomic mass is 16.5. The van der Waals surface area contributed by atoms with Crippen LogP contribution in [0.25, 0.3) is 0 Å². The van der Waals surface area contributed by atoms with Gasteiger partial charge in [0.1, 0.15) is 0 Å². The van der Waals surface area contributed by atoms with E-state index in [1.807, 2.05) is 0 Å². The van der Waals surface area contributed by atoms with Crippen molar-refractivity contribution in [3.63, 3.8) is 0 Å². The van der Waals surface area contributed by atoms with Crippen molar-refractivity contribution in [2.45, 2.75) is 58.3 Å². The van der Waals surface area contributed by atoms with Gasteiger partial charge in [-0.3, -0.25) is 0 Å². The molecular weight excluding hydrogens is 222 g/mol. The molecule has 2 aliphatic rings. The molecule has 0 amide bonds. The third-order valence-corrected chi connectivity index (χ3v) is 5.34. The van der Waals surface area contributed by atoms with E-state index < -0.39 is 0 Å². The summed E-state index contributed by atoms with van der Waals surface area (Å²) >= 11 is 0. The molecule has 0 bridgehead atoms. The van der Waals surface area contributed by atoms with Crippen LogP contribution in [0.4, 0.5) is 0 Å². The number of piperidine rings is 1. The summed E-state index contributed by atoms with van der Waals surface area (Å²) in [5.41, 5.74) is 0.712. The molecule has 2 rings (SSSR count). The molecule has 1 heterocycles. The molecule has 2 nitrogen and oxygen atoms in total. The van der Waals surface area contributed by atoms with Gasteiger partial charge < -0.3 is 9.64 Å². The van der Waals surface area contributed by atoms with Crippen molar-refractivity contribution in [3.8, 4) is 0 Å². The summed E-state index contributed by atoms with van der Waals surface area (Å²) in [7, 11) is 1.81. The SMILES string of the molecule is COCCN1CCC2(CCCC(C)CCC2)CC1. The highest BCUT2D eigenvalue weighted by Crippen LogP contribution is 2.43. The van der Waals surface area contributed by atoms with Crippen molar-refractivity contribution in [2.24, 2.45) is 11.3 Å². The fourth-order valence-electron chi connectivity index (χ4n) is 3.89. The molecule has 2 heteroatoms. The van der Waals surface area contributed by atoms with Crippen molar-refractivity contribution in [1.29, 1.82) is 0 Å². The number of ether oxygens (including phenoxy) is 1. The molecule has 1 spiro atoms. The summed E-state index contributed by atoms with van der Waals surface area (Å²) in [6, 6.07) is 0. The summed E-state index contributed by atoms with van der Waals surface area (Å²) in [6.45, 7) is 7.07. The van der Waals surface area contributed by atoms with Gasteiger partial charge in [-0.05, 0) is 50.1 Å². The van der Waals surface area contributed by atoms with Gasteiger partial charge in [-0.1, -0.05) is 32.6 Å². The Morgan fingerprint density at radius 3 is 2.22 bits per heavy atom. The standard InChI is InChI=1S/C16H31NO/c1-15-5-3-7-16(8-4-6-15)9-11-17(12-10-16)13-14-18-2/h15H,3-14H2,1-2H3. The van der Waals surface area contributed by atoms with Gasteiger partial charge in [0.15, 0.2) is 0 Å². The quantitative estimate of drug-likeness (QED) is 0.760. The zero-order valence-electron chi connectivity index (χ0n) is 12.4. The molecule has 1 aliphatic carbocycles. The van der Waals surface area contributed by atoms with E-state index in [-0.39, 0.29) is 0 Å². The van der Waals surface area contributed by atoms with Gasteiger partial charge in [0, 0.05) is 13.7 Å². The lowest BCUT2D eigenvalue weighted by atomic mass is 9.69. The van der Waals surface area contributed by atoms with Gasteiger partial charge in [0.05, 0.1) is 6.61 Å². The number of nitrogens with zero attached hydrogens (tertiary/aromatic N) is 1. The van der Waals surface area contributed by atoms with Crippen LogP contribution in [0.2, 0.25) is 0 Å². The first-order chi connectivity index (χ1) is 8.74. The lowest BCUT2D eigenvalue weighted by Gasteiger charge is -2.43. The zero-order chi connectivity index (χ0) is 12.8. The summed E-state index contributed by atoms with van der Waals surface area (Å²) in [5.74, 6) is 0.976. The molecule has 0 N–H and O–H groups in total. The minimum atomic E-state index is 0.712. The molecule has 0 radical (unpaired) electrons. The summed E-state index contributed by atoms with van der Waals surface area (Å²) in [6.07, 6.45) is 11.7. The fourth-order valence-corrected chi connectivity index (χ4v) is 3.89. The fraction of sp³-hybridized carbons (Fsp3) is 1.00. The second kappa shape index (κ2) is 6.91. The molecule has 18 heavy (non-hydrogen) atoms. The van der Waals surface area contributed by atoms with E-state index in [2.05, 4.69) is 11.8 Å². The van der Waals surface area contributed by atoms with Gasteiger partial charge in [0.2, 0.25) is 0 Å². The molecule has 0 aromatic heterocycles. The average molecular weight is 253 g/mol. The number of rotatable bonds is 3. The Morgan fingerprint density at radius 1 is 1.06 bits per heavy atom. The maximum absolute atomic E-state index is 5.19. The second-order valence-corrected chi connectivity index (χ2v) is 6.72. The van der Waals surface area contributed by atoms with Gasteiger partial charge >= 0.3 is 0 Å². The number of methoxy groups -OCH3 is 1. The minimum absolute atomic E-state index is 0.712. The van der Waals surface area contributed by atoms with E-state index in [1.165, 1.54) is 64.5 Å². The Kier molecular flexibility index (Phi) is 5.50. The Bertz CT molecular complexity index is 221. The summed E-state index contributed by atoms with van der Waals surface area (Å²) in [5, 5.41) is 0. The van der Waals surface area contributed by atoms with Crippen LogP contribution in [-0.2, 0) is 4.74 Å². The van der Waals surface area contributed by atoms with E-state index >= 15 is 0 Å². The van der Waals surface area contributed by atoms with E-state index in [4.69, 9.17) is 4.74 Å². The molecule has 1 aliphatic heterocycles. The maximum Gasteiger partial charge on any atom is 0.0589 e. The zero-order valence-corrected chi connectivity index (χ0v) is 12.4. The molecule has 0 aromatic rings. The molecular formula is C16H31NO. The van der Waals surface area contributed by atoms with Crippen molar-refractivity contribution in [2.75, 3.05) is 33.4 Å². The van der Waals surface area contributed by atoms with Crippen molar-refractivity contribution < 1.29 is 4.74 Å². The summed E-state index contributed by atoms with van der Waals surface area (Å²) in [4.78, 5) is 2.59. The van der Waals surface area contributed by atoms with Gasteiger partial charge in [0.25, 0.3) is 0 Å². The van der Waals surface area contributed by atoms with Gasteiger partial charge in [-0.2, -0.15) is 0 Å². The van der Waals surface area contributed by atoms with E-state index in [9.17, 15) is 0 Å². The van der Waals surface area contributed by atoms with Crippen molar-refractivity contribution in [1.82, 2.24) is 4.90 Å².